The fraction of sp³-hybridized carbons (Fsp3) is 0.737. The van der Waals surface area contributed by atoms with Gasteiger partial charge in [0.05, 0.1) is 31.9 Å². The van der Waals surface area contributed by atoms with Crippen LogP contribution in [0.1, 0.15) is 131 Å². The third kappa shape index (κ3) is 42.1. The van der Waals surface area contributed by atoms with Crippen LogP contribution in [0, 0.1) is 11.8 Å². The molecule has 0 saturated carbocycles. The van der Waals surface area contributed by atoms with Gasteiger partial charge in [0, 0.05) is 32.1 Å². The molecule has 0 aliphatic heterocycles. The zero-order valence-electron chi connectivity index (χ0n) is 33.2. The molecular formula is C38H66N4O12. The average Bonchev–Trinajstić information content (AvgIpc) is 3.02. The normalized spacial score (nSPS) is 12.3. The standard InChI is InChI=1S/C19H34N2O6.C19H32N2O6/c2*1-19(2,3)27-18(25)21-15(11-12-16(20)22)14-26-13-9-7-5-4-6-8-10-17(23)24/h7,9,15H,4-6,8,10-14H2,1-3H3,(H2,20,22)(H,21,25)(H,23,24);15H,4-6,8,10-14H2,1-3H3,(H2,20,22)(H,21,25)(H,23,24)/b9-7-;/t2*15-/m00/s1. The number of hydrogen-bond acceptors (Lipinski definition) is 10. The van der Waals surface area contributed by atoms with Crippen molar-refractivity contribution in [2.75, 3.05) is 26.4 Å². The molecule has 0 aliphatic carbocycles. The van der Waals surface area contributed by atoms with Gasteiger partial charge in [-0.1, -0.05) is 30.9 Å². The number of ether oxygens (including phenoxy) is 4. The molecule has 0 bridgehead atoms. The zero-order chi connectivity index (χ0) is 41.4. The minimum absolute atomic E-state index is 0.131. The smallest absolute Gasteiger partial charge is 0.407 e. The molecular weight excluding hydrogens is 704 g/mol. The van der Waals surface area contributed by atoms with Crippen LogP contribution in [0.15, 0.2) is 12.2 Å². The molecule has 0 heterocycles. The number of carboxylic acid groups (broad SMARTS) is 2. The topological polar surface area (TPSA) is 256 Å². The first kappa shape index (κ1) is 51.7. The summed E-state index contributed by atoms with van der Waals surface area (Å²) in [5.74, 6) is 3.41. The van der Waals surface area contributed by atoms with E-state index in [1.165, 1.54) is 0 Å². The number of primary amides is 2. The van der Waals surface area contributed by atoms with Crippen molar-refractivity contribution < 1.29 is 57.9 Å². The summed E-state index contributed by atoms with van der Waals surface area (Å²) in [4.78, 5) is 66.4. The molecule has 0 spiro atoms. The summed E-state index contributed by atoms with van der Waals surface area (Å²) in [5, 5.41) is 22.4. The summed E-state index contributed by atoms with van der Waals surface area (Å²) in [7, 11) is 0. The Balaban J connectivity index is 0. The summed E-state index contributed by atoms with van der Waals surface area (Å²) in [6.07, 6.45) is 10.5. The number of carbonyl (C=O) groups excluding carboxylic acids is 4. The molecule has 0 aromatic heterocycles. The number of alkyl carbamates (subject to hydrolysis) is 2. The van der Waals surface area contributed by atoms with Gasteiger partial charge >= 0.3 is 24.1 Å². The van der Waals surface area contributed by atoms with Crippen molar-refractivity contribution in [3.63, 3.8) is 0 Å². The van der Waals surface area contributed by atoms with Crippen LogP contribution in [0.4, 0.5) is 9.59 Å². The third-order valence-electron chi connectivity index (χ3n) is 6.69. The Labute approximate surface area is 320 Å². The number of unbranched alkanes of at least 4 members (excludes halogenated alkanes) is 6. The molecule has 0 aromatic rings. The van der Waals surface area contributed by atoms with E-state index in [9.17, 15) is 28.8 Å². The minimum Gasteiger partial charge on any atom is -0.481 e. The number of allylic oxidation sites excluding steroid dienone is 1. The summed E-state index contributed by atoms with van der Waals surface area (Å²) in [6.45, 7) is 11.6. The third-order valence-corrected chi connectivity index (χ3v) is 6.69. The fourth-order valence-electron chi connectivity index (χ4n) is 4.21. The summed E-state index contributed by atoms with van der Waals surface area (Å²) in [6, 6.07) is -0.762. The Bertz CT molecular complexity index is 1200. The number of hydrogen-bond donors (Lipinski definition) is 6. The van der Waals surface area contributed by atoms with E-state index < -0.39 is 53.2 Å². The van der Waals surface area contributed by atoms with Gasteiger partial charge < -0.3 is 51.3 Å². The maximum atomic E-state index is 11.9. The maximum Gasteiger partial charge on any atom is 0.407 e. The molecule has 4 amide bonds. The number of carbonyl (C=O) groups is 6. The van der Waals surface area contributed by atoms with E-state index in [4.69, 9.17) is 40.6 Å². The minimum atomic E-state index is -0.777. The first-order valence-corrected chi connectivity index (χ1v) is 18.5. The number of nitrogens with two attached hydrogens (primary N) is 2. The molecule has 0 radical (unpaired) electrons. The van der Waals surface area contributed by atoms with Crippen LogP contribution in [-0.2, 0) is 38.1 Å². The van der Waals surface area contributed by atoms with Gasteiger partial charge in [0.1, 0.15) is 17.8 Å². The van der Waals surface area contributed by atoms with Gasteiger partial charge in [-0.25, -0.2) is 9.59 Å². The van der Waals surface area contributed by atoms with Crippen molar-refractivity contribution in [1.29, 1.82) is 0 Å². The molecule has 0 aromatic carbocycles. The van der Waals surface area contributed by atoms with E-state index in [2.05, 4.69) is 22.5 Å². The highest BCUT2D eigenvalue weighted by atomic mass is 16.6. The zero-order valence-corrected chi connectivity index (χ0v) is 33.2. The van der Waals surface area contributed by atoms with Crippen molar-refractivity contribution >= 4 is 35.9 Å². The van der Waals surface area contributed by atoms with E-state index in [1.54, 1.807) is 41.5 Å². The Morgan fingerprint density at radius 2 is 1.09 bits per heavy atom. The van der Waals surface area contributed by atoms with Crippen LogP contribution in [0.25, 0.3) is 0 Å². The van der Waals surface area contributed by atoms with Crippen LogP contribution >= 0.6 is 0 Å². The van der Waals surface area contributed by atoms with Crippen molar-refractivity contribution in [2.24, 2.45) is 11.5 Å². The average molecular weight is 771 g/mol. The molecule has 16 heteroatoms. The van der Waals surface area contributed by atoms with E-state index in [1.807, 2.05) is 12.2 Å². The molecule has 0 unspecified atom stereocenters. The largest absolute Gasteiger partial charge is 0.481 e. The number of aliphatic carboxylic acids is 2. The van der Waals surface area contributed by atoms with Gasteiger partial charge in [0.2, 0.25) is 11.8 Å². The van der Waals surface area contributed by atoms with Crippen LogP contribution in [-0.4, -0.2) is 95.9 Å². The first-order chi connectivity index (χ1) is 25.2. The fourth-order valence-corrected chi connectivity index (χ4v) is 4.21. The Morgan fingerprint density at radius 3 is 1.54 bits per heavy atom. The highest BCUT2D eigenvalue weighted by Gasteiger charge is 2.21. The van der Waals surface area contributed by atoms with Crippen LogP contribution in [0.2, 0.25) is 0 Å². The molecule has 0 rings (SSSR count). The van der Waals surface area contributed by atoms with Gasteiger partial charge in [-0.3, -0.25) is 19.2 Å². The Hall–Kier alpha value is -4.36. The van der Waals surface area contributed by atoms with Crippen LogP contribution in [0.5, 0.6) is 0 Å². The predicted molar refractivity (Wildman–Crippen MR) is 203 cm³/mol. The lowest BCUT2D eigenvalue weighted by Crippen LogP contribution is -2.42. The van der Waals surface area contributed by atoms with Crippen LogP contribution in [0.3, 0.4) is 0 Å². The molecule has 54 heavy (non-hydrogen) atoms. The molecule has 0 aliphatic rings. The number of nitrogens with one attached hydrogen (secondary N) is 2. The number of rotatable bonds is 26. The molecule has 0 saturated heterocycles. The molecule has 2 atom stereocenters. The SMILES string of the molecule is CC(C)(C)OC(=O)N[C@@H](CCC(N)=O)COC/C=C\CCCCCC(=O)O.CC(C)(C)OC(=O)N[C@@H](CCC(N)=O)COCC#CCCCCCC(=O)O. The van der Waals surface area contributed by atoms with Gasteiger partial charge in [0.15, 0.2) is 0 Å². The Kier molecular flexibility index (Phi) is 29.7. The van der Waals surface area contributed by atoms with Crippen molar-refractivity contribution in [2.45, 2.75) is 155 Å². The second kappa shape index (κ2) is 31.0. The summed E-state index contributed by atoms with van der Waals surface area (Å²) in [5.41, 5.74) is 9.10. The van der Waals surface area contributed by atoms with Gasteiger partial charge in [0.25, 0.3) is 0 Å². The molecule has 0 fully saturated rings. The lowest BCUT2D eigenvalue weighted by atomic mass is 10.1. The quantitative estimate of drug-likeness (QED) is 0.0388. The van der Waals surface area contributed by atoms with E-state index in [0.29, 0.717) is 38.7 Å². The van der Waals surface area contributed by atoms with Crippen molar-refractivity contribution in [3.05, 3.63) is 12.2 Å². The van der Waals surface area contributed by atoms with E-state index in [-0.39, 0.29) is 51.5 Å². The first-order valence-electron chi connectivity index (χ1n) is 18.5. The second-order valence-corrected chi connectivity index (χ2v) is 14.5. The molecule has 16 nitrogen and oxygen atoms in total. The monoisotopic (exact) mass is 770 g/mol. The van der Waals surface area contributed by atoms with Gasteiger partial charge in [-0.05, 0) is 86.5 Å². The highest BCUT2D eigenvalue weighted by Crippen LogP contribution is 2.10. The number of carboxylic acids is 2. The van der Waals surface area contributed by atoms with E-state index >= 15 is 0 Å². The maximum absolute atomic E-state index is 11.9. The lowest BCUT2D eigenvalue weighted by molar-refractivity contribution is -0.138. The highest BCUT2D eigenvalue weighted by molar-refractivity contribution is 5.74. The molecule has 310 valence electrons. The summed E-state index contributed by atoms with van der Waals surface area (Å²) < 4.78 is 21.4. The van der Waals surface area contributed by atoms with Crippen molar-refractivity contribution in [3.8, 4) is 11.8 Å². The van der Waals surface area contributed by atoms with Crippen LogP contribution < -0.4 is 22.1 Å². The van der Waals surface area contributed by atoms with Gasteiger partial charge in [-0.15, -0.1) is 5.92 Å². The Morgan fingerprint density at radius 1 is 0.630 bits per heavy atom. The van der Waals surface area contributed by atoms with Gasteiger partial charge in [-0.2, -0.15) is 0 Å². The van der Waals surface area contributed by atoms with E-state index in [0.717, 1.165) is 32.1 Å². The lowest BCUT2D eigenvalue weighted by Gasteiger charge is -2.23. The second-order valence-electron chi connectivity index (χ2n) is 14.5. The summed E-state index contributed by atoms with van der Waals surface area (Å²) >= 11 is 0. The molecule has 8 N–H and O–H groups in total. The van der Waals surface area contributed by atoms with Crippen molar-refractivity contribution in [1.82, 2.24) is 10.6 Å². The predicted octanol–water partition coefficient (Wildman–Crippen LogP) is 4.95. The number of amides is 4.